The summed E-state index contributed by atoms with van der Waals surface area (Å²) in [4.78, 5) is 2.29. The zero-order chi connectivity index (χ0) is 13.6. The second-order valence-electron chi connectivity index (χ2n) is 6.61. The molecule has 0 aromatic carbocycles. The SMILES string of the molecule is CCCNC1CCCCC1CN(C)CC(C)(C)O. The topological polar surface area (TPSA) is 35.5 Å². The summed E-state index contributed by atoms with van der Waals surface area (Å²) >= 11 is 0. The zero-order valence-corrected chi connectivity index (χ0v) is 12.7. The van der Waals surface area contributed by atoms with Gasteiger partial charge >= 0.3 is 0 Å². The first kappa shape index (κ1) is 15.9. The van der Waals surface area contributed by atoms with Crippen LogP contribution in [0.2, 0.25) is 0 Å². The smallest absolute Gasteiger partial charge is 0.0718 e. The second kappa shape index (κ2) is 7.46. The van der Waals surface area contributed by atoms with E-state index in [0.29, 0.717) is 6.04 Å². The van der Waals surface area contributed by atoms with E-state index in [1.165, 1.54) is 32.1 Å². The summed E-state index contributed by atoms with van der Waals surface area (Å²) in [7, 11) is 2.13. The van der Waals surface area contributed by atoms with Crippen LogP contribution in [0, 0.1) is 5.92 Å². The monoisotopic (exact) mass is 256 g/mol. The van der Waals surface area contributed by atoms with Gasteiger partial charge in [0, 0.05) is 19.1 Å². The standard InChI is InChI=1S/C15H32N2O/c1-5-10-16-14-9-7-6-8-13(14)11-17(4)12-15(2,3)18/h13-14,16,18H,5-12H2,1-4H3. The highest BCUT2D eigenvalue weighted by atomic mass is 16.3. The van der Waals surface area contributed by atoms with E-state index in [2.05, 4.69) is 24.2 Å². The maximum absolute atomic E-state index is 9.87. The molecule has 3 heteroatoms. The molecule has 18 heavy (non-hydrogen) atoms. The number of nitrogens with one attached hydrogen (secondary N) is 1. The Bertz CT molecular complexity index is 225. The number of aliphatic hydroxyl groups is 1. The third-order valence-electron chi connectivity index (χ3n) is 3.77. The van der Waals surface area contributed by atoms with Gasteiger partial charge in [-0.3, -0.25) is 0 Å². The van der Waals surface area contributed by atoms with Crippen LogP contribution in [0.25, 0.3) is 0 Å². The van der Waals surface area contributed by atoms with Crippen molar-refractivity contribution < 1.29 is 5.11 Å². The average molecular weight is 256 g/mol. The van der Waals surface area contributed by atoms with Gasteiger partial charge in [-0.25, -0.2) is 0 Å². The van der Waals surface area contributed by atoms with Crippen molar-refractivity contribution in [3.63, 3.8) is 0 Å². The molecule has 2 atom stereocenters. The molecule has 0 heterocycles. The molecule has 0 bridgehead atoms. The van der Waals surface area contributed by atoms with Crippen molar-refractivity contribution in [2.75, 3.05) is 26.7 Å². The molecule has 0 saturated heterocycles. The van der Waals surface area contributed by atoms with Crippen LogP contribution in [0.5, 0.6) is 0 Å². The van der Waals surface area contributed by atoms with Crippen molar-refractivity contribution in [2.24, 2.45) is 5.92 Å². The van der Waals surface area contributed by atoms with Crippen molar-refractivity contribution in [1.82, 2.24) is 10.2 Å². The van der Waals surface area contributed by atoms with Crippen LogP contribution >= 0.6 is 0 Å². The van der Waals surface area contributed by atoms with Gasteiger partial charge in [0.05, 0.1) is 5.60 Å². The minimum absolute atomic E-state index is 0.588. The number of likely N-dealkylation sites (N-methyl/N-ethyl adjacent to an activating group) is 1. The van der Waals surface area contributed by atoms with E-state index in [-0.39, 0.29) is 0 Å². The number of hydrogen-bond donors (Lipinski definition) is 2. The maximum Gasteiger partial charge on any atom is 0.0718 e. The summed E-state index contributed by atoms with van der Waals surface area (Å²) in [6, 6.07) is 0.683. The van der Waals surface area contributed by atoms with E-state index in [9.17, 15) is 5.11 Å². The molecule has 1 fully saturated rings. The van der Waals surface area contributed by atoms with Gasteiger partial charge in [-0.15, -0.1) is 0 Å². The predicted octanol–water partition coefficient (Wildman–Crippen LogP) is 2.25. The van der Waals surface area contributed by atoms with Gasteiger partial charge in [-0.1, -0.05) is 19.8 Å². The first-order valence-electron chi connectivity index (χ1n) is 7.56. The summed E-state index contributed by atoms with van der Waals surface area (Å²) in [6.45, 7) is 8.99. The van der Waals surface area contributed by atoms with Crippen molar-refractivity contribution in [3.8, 4) is 0 Å². The van der Waals surface area contributed by atoms with Crippen LogP contribution in [0.15, 0.2) is 0 Å². The highest BCUT2D eigenvalue weighted by Gasteiger charge is 2.26. The van der Waals surface area contributed by atoms with Crippen LogP contribution in [0.1, 0.15) is 52.9 Å². The van der Waals surface area contributed by atoms with Crippen molar-refractivity contribution in [2.45, 2.75) is 64.5 Å². The van der Waals surface area contributed by atoms with Gasteiger partial charge in [0.1, 0.15) is 0 Å². The summed E-state index contributed by atoms with van der Waals surface area (Å²) < 4.78 is 0. The Labute approximate surface area is 113 Å². The van der Waals surface area contributed by atoms with Crippen LogP contribution in [0.3, 0.4) is 0 Å². The number of rotatable bonds is 7. The number of nitrogens with zero attached hydrogens (tertiary/aromatic N) is 1. The van der Waals surface area contributed by atoms with Gasteiger partial charge in [0.25, 0.3) is 0 Å². The lowest BCUT2D eigenvalue weighted by atomic mass is 9.84. The van der Waals surface area contributed by atoms with E-state index in [4.69, 9.17) is 0 Å². The highest BCUT2D eigenvalue weighted by molar-refractivity contribution is 4.83. The molecule has 1 aliphatic carbocycles. The van der Waals surface area contributed by atoms with E-state index in [0.717, 1.165) is 25.6 Å². The average Bonchev–Trinajstić information content (AvgIpc) is 2.25. The molecule has 1 rings (SSSR count). The summed E-state index contributed by atoms with van der Waals surface area (Å²) in [5.41, 5.74) is -0.588. The van der Waals surface area contributed by atoms with Crippen LogP contribution in [0.4, 0.5) is 0 Å². The summed E-state index contributed by atoms with van der Waals surface area (Å²) in [6.07, 6.45) is 6.60. The molecular formula is C15H32N2O. The molecule has 2 unspecified atom stereocenters. The minimum atomic E-state index is -0.588. The maximum atomic E-state index is 9.87. The normalized spacial score (nSPS) is 25.7. The fourth-order valence-corrected chi connectivity index (χ4v) is 3.15. The van der Waals surface area contributed by atoms with Crippen LogP contribution in [-0.4, -0.2) is 48.3 Å². The molecule has 0 amide bonds. The number of hydrogen-bond acceptors (Lipinski definition) is 3. The largest absolute Gasteiger partial charge is 0.389 e. The highest BCUT2D eigenvalue weighted by Crippen LogP contribution is 2.25. The molecule has 3 nitrogen and oxygen atoms in total. The van der Waals surface area contributed by atoms with E-state index >= 15 is 0 Å². The Balaban J connectivity index is 2.40. The molecule has 0 spiro atoms. The minimum Gasteiger partial charge on any atom is -0.389 e. The van der Waals surface area contributed by atoms with Gasteiger partial charge in [0.2, 0.25) is 0 Å². The third kappa shape index (κ3) is 6.17. The molecule has 1 aliphatic rings. The Morgan fingerprint density at radius 3 is 2.56 bits per heavy atom. The van der Waals surface area contributed by atoms with Crippen molar-refractivity contribution >= 4 is 0 Å². The Hall–Kier alpha value is -0.120. The zero-order valence-electron chi connectivity index (χ0n) is 12.7. The van der Waals surface area contributed by atoms with Crippen LogP contribution in [-0.2, 0) is 0 Å². The fraction of sp³-hybridized carbons (Fsp3) is 1.00. The second-order valence-corrected chi connectivity index (χ2v) is 6.61. The van der Waals surface area contributed by atoms with Gasteiger partial charge in [-0.2, -0.15) is 0 Å². The Morgan fingerprint density at radius 1 is 1.28 bits per heavy atom. The lowest BCUT2D eigenvalue weighted by molar-refractivity contribution is 0.0359. The lowest BCUT2D eigenvalue weighted by Gasteiger charge is -2.36. The van der Waals surface area contributed by atoms with Crippen molar-refractivity contribution in [3.05, 3.63) is 0 Å². The van der Waals surface area contributed by atoms with Crippen LogP contribution < -0.4 is 5.32 Å². The van der Waals surface area contributed by atoms with E-state index < -0.39 is 5.60 Å². The van der Waals surface area contributed by atoms with Gasteiger partial charge < -0.3 is 15.3 Å². The summed E-state index contributed by atoms with van der Waals surface area (Å²) in [5, 5.41) is 13.6. The Morgan fingerprint density at radius 2 is 1.94 bits per heavy atom. The molecule has 2 N–H and O–H groups in total. The van der Waals surface area contributed by atoms with Gasteiger partial charge in [0.15, 0.2) is 0 Å². The molecule has 0 aromatic heterocycles. The Kier molecular flexibility index (Phi) is 6.61. The predicted molar refractivity (Wildman–Crippen MR) is 77.8 cm³/mol. The lowest BCUT2D eigenvalue weighted by Crippen LogP contribution is -2.46. The summed E-state index contributed by atoms with van der Waals surface area (Å²) in [5.74, 6) is 0.748. The van der Waals surface area contributed by atoms with Crippen molar-refractivity contribution in [1.29, 1.82) is 0 Å². The molecule has 108 valence electrons. The van der Waals surface area contributed by atoms with E-state index in [1.807, 2.05) is 13.8 Å². The molecular weight excluding hydrogens is 224 g/mol. The first-order chi connectivity index (χ1) is 8.42. The molecule has 1 saturated carbocycles. The van der Waals surface area contributed by atoms with Gasteiger partial charge in [-0.05, 0) is 52.6 Å². The fourth-order valence-electron chi connectivity index (χ4n) is 3.15. The molecule has 0 aliphatic heterocycles. The van der Waals surface area contributed by atoms with E-state index in [1.54, 1.807) is 0 Å². The first-order valence-corrected chi connectivity index (χ1v) is 7.56. The molecule has 0 aromatic rings. The quantitative estimate of drug-likeness (QED) is 0.733. The molecule has 0 radical (unpaired) electrons. The third-order valence-corrected chi connectivity index (χ3v) is 3.77.